The molecule has 1 heterocycles. The summed E-state index contributed by atoms with van der Waals surface area (Å²) >= 11 is 1.97. The van der Waals surface area contributed by atoms with Crippen LogP contribution in [0.15, 0.2) is 33.9 Å². The van der Waals surface area contributed by atoms with Crippen molar-refractivity contribution >= 4 is 28.4 Å². The topological polar surface area (TPSA) is 56.0 Å². The number of anilines is 1. The van der Waals surface area contributed by atoms with Gasteiger partial charge in [0.25, 0.3) is 5.56 Å². The monoisotopic (exact) mass is 385 g/mol. The molecule has 6 heteroatoms. The van der Waals surface area contributed by atoms with Crippen molar-refractivity contribution < 1.29 is 0 Å². The molecule has 0 bridgehead atoms. The molecular formula is C14H16IN3O2. The SMILES string of the molecule is Cc1ccc(CNc2c(I)c(=O)n(C)c(=O)n2C)cc1. The van der Waals surface area contributed by atoms with Gasteiger partial charge in [-0.25, -0.2) is 4.79 Å². The summed E-state index contributed by atoms with van der Waals surface area (Å²) in [6, 6.07) is 8.11. The Hall–Kier alpha value is -1.57. The Morgan fingerprint density at radius 1 is 1.10 bits per heavy atom. The smallest absolute Gasteiger partial charge is 0.332 e. The van der Waals surface area contributed by atoms with Crippen LogP contribution in [-0.2, 0) is 20.6 Å². The van der Waals surface area contributed by atoms with Crippen LogP contribution in [0.3, 0.4) is 0 Å². The molecule has 0 saturated carbocycles. The standard InChI is InChI=1S/C14H16IN3O2/c1-9-4-6-10(7-5-9)8-16-12-11(15)13(19)18(3)14(20)17(12)2/h4-7,16H,8H2,1-3H3. The molecular weight excluding hydrogens is 369 g/mol. The molecule has 0 saturated heterocycles. The van der Waals surface area contributed by atoms with E-state index in [0.29, 0.717) is 15.9 Å². The molecule has 1 aromatic carbocycles. The predicted molar refractivity (Wildman–Crippen MR) is 88.1 cm³/mol. The van der Waals surface area contributed by atoms with E-state index >= 15 is 0 Å². The first kappa shape index (κ1) is 14.8. The highest BCUT2D eigenvalue weighted by Gasteiger charge is 2.12. The van der Waals surface area contributed by atoms with Crippen molar-refractivity contribution in [2.45, 2.75) is 13.5 Å². The number of hydrogen-bond acceptors (Lipinski definition) is 3. The van der Waals surface area contributed by atoms with Gasteiger partial charge in [-0.05, 0) is 35.1 Å². The second kappa shape index (κ2) is 5.82. The summed E-state index contributed by atoms with van der Waals surface area (Å²) < 4.78 is 3.08. The third kappa shape index (κ3) is 2.79. The largest absolute Gasteiger partial charge is 0.366 e. The van der Waals surface area contributed by atoms with Gasteiger partial charge in [0, 0.05) is 20.6 Å². The van der Waals surface area contributed by atoms with Gasteiger partial charge in [-0.1, -0.05) is 29.8 Å². The van der Waals surface area contributed by atoms with E-state index in [9.17, 15) is 9.59 Å². The van der Waals surface area contributed by atoms with Crippen LogP contribution in [0.25, 0.3) is 0 Å². The van der Waals surface area contributed by atoms with Crippen LogP contribution in [-0.4, -0.2) is 9.13 Å². The lowest BCUT2D eigenvalue weighted by Crippen LogP contribution is -2.39. The Labute approximate surface area is 130 Å². The molecule has 0 unspecified atom stereocenters. The van der Waals surface area contributed by atoms with Crippen molar-refractivity contribution in [3.8, 4) is 0 Å². The van der Waals surface area contributed by atoms with Crippen LogP contribution < -0.4 is 16.6 Å². The molecule has 0 amide bonds. The maximum absolute atomic E-state index is 11.9. The van der Waals surface area contributed by atoms with Gasteiger partial charge < -0.3 is 5.32 Å². The number of aryl methyl sites for hydroxylation is 1. The van der Waals surface area contributed by atoms with E-state index in [-0.39, 0.29) is 11.2 Å². The minimum atomic E-state index is -0.332. The average Bonchev–Trinajstić information content (AvgIpc) is 2.45. The lowest BCUT2D eigenvalue weighted by atomic mass is 10.1. The van der Waals surface area contributed by atoms with E-state index < -0.39 is 0 Å². The Morgan fingerprint density at radius 2 is 1.70 bits per heavy atom. The minimum Gasteiger partial charge on any atom is -0.366 e. The molecule has 2 aromatic rings. The number of nitrogens with zero attached hydrogens (tertiary/aromatic N) is 2. The third-order valence-corrected chi connectivity index (χ3v) is 4.16. The number of rotatable bonds is 3. The highest BCUT2D eigenvalue weighted by molar-refractivity contribution is 14.1. The second-order valence-corrected chi connectivity index (χ2v) is 5.79. The molecule has 1 N–H and O–H groups in total. The van der Waals surface area contributed by atoms with Gasteiger partial charge in [-0.15, -0.1) is 0 Å². The molecule has 0 aliphatic heterocycles. The number of nitrogens with one attached hydrogen (secondary N) is 1. The van der Waals surface area contributed by atoms with Crippen molar-refractivity contribution in [1.82, 2.24) is 9.13 Å². The van der Waals surface area contributed by atoms with Gasteiger partial charge in [0.15, 0.2) is 0 Å². The predicted octanol–water partition coefficient (Wildman–Crippen LogP) is 1.61. The Kier molecular flexibility index (Phi) is 4.32. The zero-order chi connectivity index (χ0) is 14.9. The molecule has 1 aromatic heterocycles. The van der Waals surface area contributed by atoms with Crippen molar-refractivity contribution in [1.29, 1.82) is 0 Å². The fourth-order valence-corrected chi connectivity index (χ4v) is 2.81. The van der Waals surface area contributed by atoms with Gasteiger partial charge in [0.05, 0.1) is 0 Å². The van der Waals surface area contributed by atoms with Gasteiger partial charge in [-0.3, -0.25) is 13.9 Å². The Balaban J connectivity index is 2.33. The number of aromatic nitrogens is 2. The normalized spacial score (nSPS) is 10.6. The lowest BCUT2D eigenvalue weighted by molar-refractivity contribution is 0.682. The summed E-state index contributed by atoms with van der Waals surface area (Å²) in [5.74, 6) is 0.555. The van der Waals surface area contributed by atoms with Crippen LogP contribution in [0.1, 0.15) is 11.1 Å². The summed E-state index contributed by atoms with van der Waals surface area (Å²) in [6.07, 6.45) is 0. The number of halogens is 1. The molecule has 5 nitrogen and oxygen atoms in total. The Morgan fingerprint density at radius 3 is 2.30 bits per heavy atom. The molecule has 2 rings (SSSR count). The van der Waals surface area contributed by atoms with Gasteiger partial charge in [0.1, 0.15) is 9.39 Å². The summed E-state index contributed by atoms with van der Waals surface area (Å²) in [6.45, 7) is 2.60. The van der Waals surface area contributed by atoms with E-state index in [1.165, 1.54) is 17.2 Å². The summed E-state index contributed by atoms with van der Waals surface area (Å²) in [4.78, 5) is 23.8. The van der Waals surface area contributed by atoms with Crippen molar-refractivity contribution in [3.63, 3.8) is 0 Å². The molecule has 0 fully saturated rings. The van der Waals surface area contributed by atoms with Crippen molar-refractivity contribution in [2.24, 2.45) is 14.1 Å². The summed E-state index contributed by atoms with van der Waals surface area (Å²) in [5, 5.41) is 3.17. The van der Waals surface area contributed by atoms with Gasteiger partial charge in [-0.2, -0.15) is 0 Å². The zero-order valence-electron chi connectivity index (χ0n) is 11.6. The Bertz CT molecular complexity index is 707. The highest BCUT2D eigenvalue weighted by Crippen LogP contribution is 2.13. The van der Waals surface area contributed by atoms with E-state index in [1.54, 1.807) is 7.05 Å². The van der Waals surface area contributed by atoms with E-state index in [4.69, 9.17) is 0 Å². The molecule has 0 aliphatic rings. The minimum absolute atomic E-state index is 0.278. The highest BCUT2D eigenvalue weighted by atomic mass is 127. The molecule has 0 radical (unpaired) electrons. The molecule has 0 spiro atoms. The van der Waals surface area contributed by atoms with E-state index in [1.807, 2.05) is 53.8 Å². The first-order valence-electron chi connectivity index (χ1n) is 6.16. The van der Waals surface area contributed by atoms with Gasteiger partial charge >= 0.3 is 5.69 Å². The third-order valence-electron chi connectivity index (χ3n) is 3.19. The fourth-order valence-electron chi connectivity index (χ4n) is 1.89. The fraction of sp³-hybridized carbons (Fsp3) is 0.286. The molecule has 20 heavy (non-hydrogen) atoms. The molecule has 106 valence electrons. The molecule has 0 atom stereocenters. The summed E-state index contributed by atoms with van der Waals surface area (Å²) in [5.41, 5.74) is 1.69. The van der Waals surface area contributed by atoms with Gasteiger partial charge in [0.2, 0.25) is 0 Å². The summed E-state index contributed by atoms with van der Waals surface area (Å²) in [7, 11) is 3.14. The number of hydrogen-bond donors (Lipinski definition) is 1. The van der Waals surface area contributed by atoms with Crippen LogP contribution >= 0.6 is 22.6 Å². The van der Waals surface area contributed by atoms with Crippen LogP contribution in [0.2, 0.25) is 0 Å². The van der Waals surface area contributed by atoms with E-state index in [2.05, 4.69) is 5.32 Å². The van der Waals surface area contributed by atoms with Crippen LogP contribution in [0, 0.1) is 10.5 Å². The van der Waals surface area contributed by atoms with Crippen molar-refractivity contribution in [2.75, 3.05) is 5.32 Å². The average molecular weight is 385 g/mol. The maximum atomic E-state index is 11.9. The number of benzene rings is 1. The zero-order valence-corrected chi connectivity index (χ0v) is 13.8. The maximum Gasteiger partial charge on any atom is 0.332 e. The van der Waals surface area contributed by atoms with E-state index in [0.717, 1.165) is 10.1 Å². The molecule has 0 aliphatic carbocycles. The van der Waals surface area contributed by atoms with Crippen LogP contribution in [0.4, 0.5) is 5.82 Å². The first-order chi connectivity index (χ1) is 9.41. The van der Waals surface area contributed by atoms with Crippen molar-refractivity contribution in [3.05, 3.63) is 59.8 Å². The van der Waals surface area contributed by atoms with Crippen LogP contribution in [0.5, 0.6) is 0 Å². The lowest BCUT2D eigenvalue weighted by Gasteiger charge is -2.14. The quantitative estimate of drug-likeness (QED) is 0.817. The second-order valence-electron chi connectivity index (χ2n) is 4.71. The first-order valence-corrected chi connectivity index (χ1v) is 7.24.